The van der Waals surface area contributed by atoms with Gasteiger partial charge < -0.3 is 14.8 Å². The maximum Gasteiger partial charge on any atom is 0.417 e. The molecular weight excluding hydrogens is 601 g/mol. The number of anilines is 2. The Hall–Kier alpha value is -4.39. The molecule has 2 fully saturated rings. The van der Waals surface area contributed by atoms with Crippen molar-refractivity contribution in [2.75, 3.05) is 38.7 Å². The van der Waals surface area contributed by atoms with E-state index in [2.05, 4.69) is 33.2 Å². The molecule has 0 saturated carbocycles. The minimum atomic E-state index is -0.775. The zero-order chi connectivity index (χ0) is 32.7. The number of imide groups is 1. The summed E-state index contributed by atoms with van der Waals surface area (Å²) < 4.78 is 26.7. The van der Waals surface area contributed by atoms with E-state index in [9.17, 15) is 14.0 Å². The Morgan fingerprint density at radius 1 is 1.11 bits per heavy atom. The first kappa shape index (κ1) is 30.0. The number of hydrogen-bond acceptors (Lipinski definition) is 9. The number of ether oxygens (including phenoxy) is 2. The maximum atomic E-state index is 14.0. The van der Waals surface area contributed by atoms with Crippen LogP contribution in [0.15, 0.2) is 48.8 Å². The van der Waals surface area contributed by atoms with Crippen LogP contribution in [0.25, 0.3) is 16.9 Å². The van der Waals surface area contributed by atoms with Gasteiger partial charge in [0.25, 0.3) is 5.91 Å². The normalized spacial score (nSPS) is 19.7. The molecule has 12 heteroatoms. The van der Waals surface area contributed by atoms with Crippen LogP contribution in [0.1, 0.15) is 60.8 Å². The van der Waals surface area contributed by atoms with Gasteiger partial charge in [0.1, 0.15) is 22.9 Å². The van der Waals surface area contributed by atoms with Crippen molar-refractivity contribution < 1.29 is 23.5 Å². The average Bonchev–Trinajstić information content (AvgIpc) is 3.64. The Morgan fingerprint density at radius 2 is 1.89 bits per heavy atom. The Balaban J connectivity index is 1.13. The number of aromatic nitrogens is 3. The highest BCUT2D eigenvalue weighted by atomic mass is 19.1. The number of hydrogen-bond donors (Lipinski definition) is 1. The number of amides is 2. The molecule has 244 valence electrons. The first-order chi connectivity index (χ1) is 22.5. The van der Waals surface area contributed by atoms with Gasteiger partial charge in [-0.25, -0.2) is 24.1 Å². The van der Waals surface area contributed by atoms with E-state index in [-0.39, 0.29) is 17.9 Å². The molecule has 0 aliphatic carbocycles. The monoisotopic (exact) mass is 639 g/mol. The fourth-order valence-corrected chi connectivity index (χ4v) is 7.56. The summed E-state index contributed by atoms with van der Waals surface area (Å²) in [6.07, 6.45) is 4.63. The zero-order valence-corrected chi connectivity index (χ0v) is 27.0. The average molecular weight is 640 g/mol. The Labute approximate surface area is 272 Å². The van der Waals surface area contributed by atoms with Gasteiger partial charge in [0, 0.05) is 37.5 Å². The summed E-state index contributed by atoms with van der Waals surface area (Å²) in [4.78, 5) is 42.7. The molecule has 4 aliphatic rings. The van der Waals surface area contributed by atoms with Crippen LogP contribution >= 0.6 is 0 Å². The zero-order valence-electron chi connectivity index (χ0n) is 27.0. The first-order valence-corrected chi connectivity index (χ1v) is 16.1. The number of rotatable bonds is 4. The molecule has 1 aromatic carbocycles. The highest BCUT2D eigenvalue weighted by molar-refractivity contribution is 6.11. The topological polar surface area (TPSA) is 105 Å². The highest BCUT2D eigenvalue weighted by Crippen LogP contribution is 2.46. The molecule has 0 unspecified atom stereocenters. The molecule has 0 bridgehead atoms. The molecule has 11 nitrogen and oxygen atoms in total. The van der Waals surface area contributed by atoms with Crippen molar-refractivity contribution in [2.24, 2.45) is 0 Å². The van der Waals surface area contributed by atoms with E-state index in [1.165, 1.54) is 17.7 Å². The van der Waals surface area contributed by atoms with Crippen LogP contribution in [0.5, 0.6) is 0 Å². The number of carbonyl (C=O) groups is 2. The highest BCUT2D eigenvalue weighted by Gasteiger charge is 2.47. The van der Waals surface area contributed by atoms with Gasteiger partial charge in [0.15, 0.2) is 0 Å². The summed E-state index contributed by atoms with van der Waals surface area (Å²) >= 11 is 0. The third-order valence-electron chi connectivity index (χ3n) is 10.1. The second-order valence-corrected chi connectivity index (χ2v) is 14.0. The smallest absolute Gasteiger partial charge is 0.417 e. The number of carbonyl (C=O) groups excluding carboxylic acids is 2. The third-order valence-corrected chi connectivity index (χ3v) is 10.1. The molecule has 0 radical (unpaired) electrons. The molecule has 3 aromatic heterocycles. The van der Waals surface area contributed by atoms with Crippen molar-refractivity contribution in [3.8, 4) is 11.3 Å². The minimum Gasteiger partial charge on any atom is -0.443 e. The van der Waals surface area contributed by atoms with Crippen molar-refractivity contribution in [3.05, 3.63) is 77.0 Å². The standard InChI is InChI=1S/C35H38FN7O4/c1-34(2,3)47-33(45)43-17-24-23(28-16-37-30-15-21(36)9-12-42(28)30)5-7-26(31(24)32(43)44)38-29-8-6-25-27(39-29)18-40(4)35(25)10-13-41(14-11-35)22-19-46-20-22/h5-9,12,15-16,22H,10-11,13-14,17-20H2,1-4H3,(H,38,39). The van der Waals surface area contributed by atoms with Crippen molar-refractivity contribution in [1.29, 1.82) is 0 Å². The van der Waals surface area contributed by atoms with Gasteiger partial charge in [-0.2, -0.15) is 0 Å². The fourth-order valence-electron chi connectivity index (χ4n) is 7.56. The summed E-state index contributed by atoms with van der Waals surface area (Å²) in [5.74, 6) is -0.220. The first-order valence-electron chi connectivity index (χ1n) is 16.1. The summed E-state index contributed by atoms with van der Waals surface area (Å²) in [6, 6.07) is 11.1. The largest absolute Gasteiger partial charge is 0.443 e. The van der Waals surface area contributed by atoms with Crippen molar-refractivity contribution in [1.82, 2.24) is 29.1 Å². The number of piperidine rings is 1. The number of pyridine rings is 2. The molecule has 2 saturated heterocycles. The van der Waals surface area contributed by atoms with E-state index < -0.39 is 17.6 Å². The van der Waals surface area contributed by atoms with Crippen LogP contribution in [0.3, 0.4) is 0 Å². The molecule has 0 atom stereocenters. The number of benzene rings is 1. The van der Waals surface area contributed by atoms with Gasteiger partial charge >= 0.3 is 6.09 Å². The molecule has 4 aromatic rings. The number of likely N-dealkylation sites (tertiary alicyclic amines) is 1. The van der Waals surface area contributed by atoms with Gasteiger partial charge in [-0.1, -0.05) is 12.1 Å². The summed E-state index contributed by atoms with van der Waals surface area (Å²) in [7, 11) is 2.18. The number of fused-ring (bicyclic) bond motifs is 4. The second kappa shape index (κ2) is 10.8. The van der Waals surface area contributed by atoms with Crippen LogP contribution in [-0.4, -0.2) is 86.1 Å². The third kappa shape index (κ3) is 4.97. The number of nitrogens with zero attached hydrogens (tertiary/aromatic N) is 6. The summed E-state index contributed by atoms with van der Waals surface area (Å²) in [5.41, 5.74) is 4.90. The molecule has 1 spiro atoms. The lowest BCUT2D eigenvalue weighted by Crippen LogP contribution is -2.56. The van der Waals surface area contributed by atoms with E-state index >= 15 is 0 Å². The second-order valence-electron chi connectivity index (χ2n) is 14.0. The summed E-state index contributed by atoms with van der Waals surface area (Å²) in [5, 5.41) is 3.41. The lowest BCUT2D eigenvalue weighted by molar-refractivity contribution is -0.0852. The molecule has 7 heterocycles. The van der Waals surface area contributed by atoms with Crippen LogP contribution in [0, 0.1) is 5.82 Å². The Bertz CT molecular complexity index is 1920. The lowest BCUT2D eigenvalue weighted by atomic mass is 9.81. The van der Waals surface area contributed by atoms with Gasteiger partial charge in [0.2, 0.25) is 0 Å². The van der Waals surface area contributed by atoms with E-state index in [0.717, 1.165) is 56.3 Å². The van der Waals surface area contributed by atoms with E-state index in [0.29, 0.717) is 45.6 Å². The predicted octanol–water partition coefficient (Wildman–Crippen LogP) is 5.31. The maximum absolute atomic E-state index is 14.0. The number of imidazole rings is 1. The lowest BCUT2D eigenvalue weighted by Gasteiger charge is -2.48. The van der Waals surface area contributed by atoms with Crippen molar-refractivity contribution in [3.63, 3.8) is 0 Å². The quantitative estimate of drug-likeness (QED) is 0.318. The fraction of sp³-hybridized carbons (Fsp3) is 0.429. The van der Waals surface area contributed by atoms with Crippen LogP contribution in [0.2, 0.25) is 0 Å². The van der Waals surface area contributed by atoms with Gasteiger partial charge in [-0.3, -0.25) is 19.0 Å². The number of halogens is 1. The summed E-state index contributed by atoms with van der Waals surface area (Å²) in [6.45, 7) is 9.80. The molecule has 4 aliphatic heterocycles. The van der Waals surface area contributed by atoms with Gasteiger partial charge in [-0.15, -0.1) is 0 Å². The molecule has 1 N–H and O–H groups in total. The predicted molar refractivity (Wildman–Crippen MR) is 173 cm³/mol. The molecule has 47 heavy (non-hydrogen) atoms. The van der Waals surface area contributed by atoms with Gasteiger partial charge in [-0.05, 0) is 70.0 Å². The molecule has 8 rings (SSSR count). The Morgan fingerprint density at radius 3 is 2.62 bits per heavy atom. The minimum absolute atomic E-state index is 0.0251. The van der Waals surface area contributed by atoms with Crippen LogP contribution < -0.4 is 5.32 Å². The van der Waals surface area contributed by atoms with Crippen molar-refractivity contribution >= 4 is 29.2 Å². The van der Waals surface area contributed by atoms with Crippen LogP contribution in [-0.2, 0) is 28.1 Å². The molecule has 2 amide bonds. The molecular formula is C35H38FN7O4. The van der Waals surface area contributed by atoms with E-state index in [4.69, 9.17) is 14.5 Å². The Kier molecular flexibility index (Phi) is 6.91. The number of nitrogens with one attached hydrogen (secondary N) is 1. The van der Waals surface area contributed by atoms with Crippen molar-refractivity contribution in [2.45, 2.75) is 63.9 Å². The SMILES string of the molecule is CN1Cc2nc(Nc3ccc(-c4cnc5cc(F)ccn45)c4c3C(=O)N(C(=O)OC(C)(C)C)C4)ccc2C12CCN(C1COC1)CC2. The van der Waals surface area contributed by atoms with E-state index in [1.54, 1.807) is 37.6 Å². The van der Waals surface area contributed by atoms with Crippen LogP contribution in [0.4, 0.5) is 20.7 Å². The van der Waals surface area contributed by atoms with E-state index in [1.807, 2.05) is 18.2 Å². The van der Waals surface area contributed by atoms with Gasteiger partial charge in [0.05, 0.1) is 60.2 Å².